The molecule has 0 amide bonds. The molecule has 2 aromatic carbocycles. The lowest BCUT2D eigenvalue weighted by Gasteiger charge is -2.42. The molecule has 194 valence electrons. The van der Waals surface area contributed by atoms with Crippen LogP contribution in [0.3, 0.4) is 0 Å². The molecule has 2 aliphatic rings. The van der Waals surface area contributed by atoms with E-state index >= 15 is 0 Å². The number of sulfonamides is 2. The van der Waals surface area contributed by atoms with Gasteiger partial charge in [-0.25, -0.2) is 26.4 Å². The molecule has 11 nitrogen and oxygen atoms in total. The quantitative estimate of drug-likeness (QED) is 0.501. The van der Waals surface area contributed by atoms with Crippen molar-refractivity contribution in [2.24, 2.45) is 0 Å². The first kappa shape index (κ1) is 26.2. The van der Waals surface area contributed by atoms with Crippen LogP contribution in [0.15, 0.2) is 58.3 Å². The van der Waals surface area contributed by atoms with E-state index in [2.05, 4.69) is 9.47 Å². The van der Waals surface area contributed by atoms with Gasteiger partial charge in [-0.15, -0.1) is 0 Å². The smallest absolute Gasteiger partial charge is 0.337 e. The van der Waals surface area contributed by atoms with Crippen molar-refractivity contribution >= 4 is 32.0 Å². The van der Waals surface area contributed by atoms with Crippen LogP contribution in [0, 0.1) is 0 Å². The Labute approximate surface area is 209 Å². The summed E-state index contributed by atoms with van der Waals surface area (Å²) in [5, 5.41) is 0. The number of ether oxygens (including phenoxy) is 3. The first-order valence-corrected chi connectivity index (χ1v) is 14.0. The Hall–Kier alpha value is -2.84. The lowest BCUT2D eigenvalue weighted by atomic mass is 10.0. The lowest BCUT2D eigenvalue weighted by Crippen LogP contribution is -2.55. The summed E-state index contributed by atoms with van der Waals surface area (Å²) in [5.74, 6) is -1.15. The van der Waals surface area contributed by atoms with Crippen LogP contribution in [-0.2, 0) is 34.3 Å². The van der Waals surface area contributed by atoms with E-state index in [4.69, 9.17) is 4.74 Å². The molecule has 0 bridgehead atoms. The van der Waals surface area contributed by atoms with Gasteiger partial charge < -0.3 is 14.2 Å². The lowest BCUT2D eigenvalue weighted by molar-refractivity contribution is -0.0806. The molecule has 2 heterocycles. The number of piperidine rings is 1. The molecule has 0 saturated carbocycles. The number of rotatable bonds is 6. The minimum atomic E-state index is -3.97. The van der Waals surface area contributed by atoms with E-state index in [0.717, 1.165) is 0 Å². The van der Waals surface area contributed by atoms with E-state index < -0.39 is 37.7 Å². The summed E-state index contributed by atoms with van der Waals surface area (Å²) in [5.41, 5.74) is -0.712. The van der Waals surface area contributed by atoms with Gasteiger partial charge in [0.05, 0.1) is 41.7 Å². The maximum atomic E-state index is 13.4. The highest BCUT2D eigenvalue weighted by Crippen LogP contribution is 2.39. The summed E-state index contributed by atoms with van der Waals surface area (Å²) < 4.78 is 70.9. The van der Waals surface area contributed by atoms with E-state index in [9.17, 15) is 26.4 Å². The molecule has 0 radical (unpaired) electrons. The molecule has 1 spiro atoms. The highest BCUT2D eigenvalue weighted by Gasteiger charge is 2.51. The van der Waals surface area contributed by atoms with Crippen molar-refractivity contribution in [1.29, 1.82) is 0 Å². The second kappa shape index (κ2) is 9.90. The molecular formula is C23H26N2O9S2. The number of benzene rings is 2. The van der Waals surface area contributed by atoms with Crippen molar-refractivity contribution in [3.8, 4) is 0 Å². The molecule has 0 aliphatic carbocycles. The van der Waals surface area contributed by atoms with Crippen LogP contribution in [0.25, 0.3) is 0 Å². The Morgan fingerprint density at radius 3 is 1.64 bits per heavy atom. The molecule has 2 fully saturated rings. The third kappa shape index (κ3) is 4.64. The summed E-state index contributed by atoms with van der Waals surface area (Å²) in [6.45, 7) is 0.410. The van der Waals surface area contributed by atoms with Gasteiger partial charge in [-0.05, 0) is 48.5 Å². The van der Waals surface area contributed by atoms with Gasteiger partial charge >= 0.3 is 11.9 Å². The zero-order valence-electron chi connectivity index (χ0n) is 19.7. The predicted molar refractivity (Wildman–Crippen MR) is 126 cm³/mol. The van der Waals surface area contributed by atoms with Crippen molar-refractivity contribution in [3.63, 3.8) is 0 Å². The first-order valence-electron chi connectivity index (χ1n) is 11.1. The number of carbonyl (C=O) groups is 2. The Morgan fingerprint density at radius 2 is 1.19 bits per heavy atom. The summed E-state index contributed by atoms with van der Waals surface area (Å²) in [7, 11) is -5.36. The largest absolute Gasteiger partial charge is 0.465 e. The molecule has 0 unspecified atom stereocenters. The Bertz CT molecular complexity index is 1350. The number of carbonyl (C=O) groups excluding carboxylic acids is 2. The number of nitrogens with zero attached hydrogens (tertiary/aromatic N) is 2. The van der Waals surface area contributed by atoms with Crippen molar-refractivity contribution in [3.05, 3.63) is 59.7 Å². The number of esters is 2. The second-order valence-electron chi connectivity index (χ2n) is 8.31. The SMILES string of the molecule is COC(=O)c1ccc(S(=O)(=O)N2CCC3(CC2)OCCN3S(=O)(=O)c2ccc(C(=O)OC)cc2)cc1. The monoisotopic (exact) mass is 538 g/mol. The summed E-state index contributed by atoms with van der Waals surface area (Å²) >= 11 is 0. The van der Waals surface area contributed by atoms with Crippen LogP contribution in [-0.4, -0.2) is 83.6 Å². The second-order valence-corrected chi connectivity index (χ2v) is 12.1. The van der Waals surface area contributed by atoms with Gasteiger partial charge in [0.25, 0.3) is 0 Å². The van der Waals surface area contributed by atoms with Gasteiger partial charge in [0, 0.05) is 32.5 Å². The van der Waals surface area contributed by atoms with Crippen LogP contribution >= 0.6 is 0 Å². The first-order chi connectivity index (χ1) is 17.0. The van der Waals surface area contributed by atoms with Crippen molar-refractivity contribution < 1.29 is 40.6 Å². The molecular weight excluding hydrogens is 512 g/mol. The van der Waals surface area contributed by atoms with Crippen LogP contribution in [0.5, 0.6) is 0 Å². The topological polar surface area (TPSA) is 137 Å². The van der Waals surface area contributed by atoms with E-state index in [1.807, 2.05) is 0 Å². The van der Waals surface area contributed by atoms with Crippen molar-refractivity contribution in [2.75, 3.05) is 40.5 Å². The van der Waals surface area contributed by atoms with Gasteiger partial charge in [-0.3, -0.25) is 0 Å². The Kier molecular flexibility index (Phi) is 7.21. The van der Waals surface area contributed by atoms with E-state index in [1.165, 1.54) is 71.4 Å². The zero-order chi connectivity index (χ0) is 26.1. The summed E-state index contributed by atoms with van der Waals surface area (Å²) in [4.78, 5) is 23.3. The van der Waals surface area contributed by atoms with Crippen LogP contribution in [0.2, 0.25) is 0 Å². The molecule has 0 aromatic heterocycles. The predicted octanol–water partition coefficient (Wildman–Crippen LogP) is 1.46. The number of methoxy groups -OCH3 is 2. The summed E-state index contributed by atoms with van der Waals surface area (Å²) in [6.07, 6.45) is 0.290. The Balaban J connectivity index is 1.51. The maximum absolute atomic E-state index is 13.4. The van der Waals surface area contributed by atoms with Crippen molar-refractivity contribution in [1.82, 2.24) is 8.61 Å². The van der Waals surface area contributed by atoms with E-state index in [0.29, 0.717) is 0 Å². The fourth-order valence-corrected chi connectivity index (χ4v) is 7.61. The molecule has 4 rings (SSSR count). The van der Waals surface area contributed by atoms with E-state index in [1.54, 1.807) is 0 Å². The Morgan fingerprint density at radius 1 is 0.750 bits per heavy atom. The zero-order valence-corrected chi connectivity index (χ0v) is 21.4. The number of hydrogen-bond acceptors (Lipinski definition) is 9. The molecule has 2 aromatic rings. The van der Waals surface area contributed by atoms with E-state index in [-0.39, 0.29) is 60.0 Å². The number of hydrogen-bond donors (Lipinski definition) is 0. The molecule has 13 heteroatoms. The molecule has 2 aliphatic heterocycles. The fourth-order valence-electron chi connectivity index (χ4n) is 4.44. The van der Waals surface area contributed by atoms with Gasteiger partial charge in [0.15, 0.2) is 0 Å². The maximum Gasteiger partial charge on any atom is 0.337 e. The van der Waals surface area contributed by atoms with Gasteiger partial charge in [-0.2, -0.15) is 8.61 Å². The highest BCUT2D eigenvalue weighted by atomic mass is 32.2. The molecule has 2 saturated heterocycles. The fraction of sp³-hybridized carbons (Fsp3) is 0.391. The minimum absolute atomic E-state index is 0.000718. The molecule has 36 heavy (non-hydrogen) atoms. The average molecular weight is 539 g/mol. The standard InChI is InChI=1S/C23H26N2O9S2/c1-32-21(26)17-3-7-19(8-4-17)35(28,29)24-13-11-23(12-14-24)25(15-16-34-23)36(30,31)20-9-5-18(6-10-20)22(27)33-2/h3-10H,11-16H2,1-2H3. The molecule has 0 atom stereocenters. The molecule has 0 N–H and O–H groups in total. The highest BCUT2D eigenvalue weighted by molar-refractivity contribution is 7.89. The minimum Gasteiger partial charge on any atom is -0.465 e. The van der Waals surface area contributed by atoms with Gasteiger partial charge in [0.2, 0.25) is 20.0 Å². The van der Waals surface area contributed by atoms with Crippen molar-refractivity contribution in [2.45, 2.75) is 28.4 Å². The summed E-state index contributed by atoms with van der Waals surface area (Å²) in [6, 6.07) is 10.9. The third-order valence-electron chi connectivity index (χ3n) is 6.40. The third-order valence-corrected chi connectivity index (χ3v) is 10.3. The van der Waals surface area contributed by atoms with Crippen LogP contribution in [0.4, 0.5) is 0 Å². The normalized spacial score (nSPS) is 18.7. The van der Waals surface area contributed by atoms with Crippen LogP contribution in [0.1, 0.15) is 33.6 Å². The average Bonchev–Trinajstić information content (AvgIpc) is 3.31. The van der Waals surface area contributed by atoms with Crippen LogP contribution < -0.4 is 0 Å². The van der Waals surface area contributed by atoms with Gasteiger partial charge in [0.1, 0.15) is 5.72 Å². The van der Waals surface area contributed by atoms with Gasteiger partial charge in [-0.1, -0.05) is 0 Å².